The molecule has 0 saturated carbocycles. The highest BCUT2D eigenvalue weighted by atomic mass is 35.5. The molecule has 0 atom stereocenters. The minimum absolute atomic E-state index is 0.152. The van der Waals surface area contributed by atoms with Gasteiger partial charge in [0.15, 0.2) is 11.7 Å². The van der Waals surface area contributed by atoms with Gasteiger partial charge in [-0.1, -0.05) is 34.5 Å². The summed E-state index contributed by atoms with van der Waals surface area (Å²) >= 11 is 13.5. The van der Waals surface area contributed by atoms with Gasteiger partial charge in [0, 0.05) is 23.8 Å². The molecule has 1 N–H and O–H groups in total. The van der Waals surface area contributed by atoms with E-state index in [0.717, 1.165) is 41.7 Å². The lowest BCUT2D eigenvalue weighted by Gasteiger charge is -2.25. The molecule has 3 aromatic rings. The smallest absolute Gasteiger partial charge is 0.262 e. The lowest BCUT2D eigenvalue weighted by Crippen LogP contribution is -2.36. The summed E-state index contributed by atoms with van der Waals surface area (Å²) < 4.78 is 11.9. The number of anilines is 2. The monoisotopic (exact) mass is 437 g/mol. The van der Waals surface area contributed by atoms with Crippen molar-refractivity contribution in [2.45, 2.75) is 0 Å². The van der Waals surface area contributed by atoms with E-state index in [9.17, 15) is 4.79 Å². The summed E-state index contributed by atoms with van der Waals surface area (Å²) in [5.74, 6) is 0.137. The largest absolute Gasteiger partial charge is 0.482 e. The van der Waals surface area contributed by atoms with E-state index in [-0.39, 0.29) is 12.5 Å². The third-order valence-corrected chi connectivity index (χ3v) is 5.80. The van der Waals surface area contributed by atoms with Gasteiger partial charge in [0.1, 0.15) is 5.75 Å². The zero-order chi connectivity index (χ0) is 19.5. The van der Waals surface area contributed by atoms with Crippen LogP contribution in [0.1, 0.15) is 0 Å². The molecule has 0 spiro atoms. The highest BCUT2D eigenvalue weighted by Crippen LogP contribution is 2.31. The third kappa shape index (κ3) is 4.50. The minimum Gasteiger partial charge on any atom is -0.482 e. The van der Waals surface area contributed by atoms with Crippen LogP contribution in [0.25, 0.3) is 10.2 Å². The topological polar surface area (TPSA) is 63.7 Å². The molecule has 0 radical (unpaired) electrons. The Morgan fingerprint density at radius 2 is 2.04 bits per heavy atom. The van der Waals surface area contributed by atoms with Crippen LogP contribution >= 0.6 is 34.5 Å². The Hall–Kier alpha value is -2.06. The fraction of sp³-hybridized carbons (Fsp3) is 0.263. The number of nitrogens with zero attached hydrogens (tertiary/aromatic N) is 2. The lowest BCUT2D eigenvalue weighted by atomic mass is 10.3. The molecule has 28 heavy (non-hydrogen) atoms. The Bertz CT molecular complexity index is 1010. The van der Waals surface area contributed by atoms with Crippen molar-refractivity contribution in [1.82, 2.24) is 4.98 Å². The van der Waals surface area contributed by atoms with Gasteiger partial charge in [-0.05, 0) is 36.4 Å². The number of carbonyl (C=O) groups is 1. The summed E-state index contributed by atoms with van der Waals surface area (Å²) in [6, 6.07) is 10.5. The first-order chi connectivity index (χ1) is 13.6. The summed E-state index contributed by atoms with van der Waals surface area (Å²) in [6.45, 7) is 2.97. The Labute approximate surface area is 176 Å². The third-order valence-electron chi connectivity index (χ3n) is 4.20. The van der Waals surface area contributed by atoms with E-state index in [2.05, 4.69) is 15.2 Å². The number of hydrogen-bond donors (Lipinski definition) is 1. The van der Waals surface area contributed by atoms with Crippen LogP contribution in [0.15, 0.2) is 36.4 Å². The number of rotatable bonds is 5. The number of ether oxygens (including phenoxy) is 2. The second-order valence-corrected chi connectivity index (χ2v) is 8.04. The maximum absolute atomic E-state index is 12.2. The van der Waals surface area contributed by atoms with Crippen LogP contribution in [-0.4, -0.2) is 43.8 Å². The molecule has 1 aromatic heterocycles. The fourth-order valence-corrected chi connectivity index (χ4v) is 4.33. The number of carbonyl (C=O) groups excluding carboxylic acids is 1. The predicted molar refractivity (Wildman–Crippen MR) is 113 cm³/mol. The zero-order valence-corrected chi connectivity index (χ0v) is 17.1. The molecule has 9 heteroatoms. The molecule has 1 aliphatic rings. The SMILES string of the molecule is O=C(COc1ccc(Cl)cc1Cl)Nc1ccc2nc(N3CCOCC3)sc2c1. The molecule has 0 aliphatic carbocycles. The number of thiazole rings is 1. The lowest BCUT2D eigenvalue weighted by molar-refractivity contribution is -0.118. The van der Waals surface area contributed by atoms with E-state index in [4.69, 9.17) is 32.7 Å². The Morgan fingerprint density at radius 3 is 2.82 bits per heavy atom. The van der Waals surface area contributed by atoms with Crippen molar-refractivity contribution in [3.8, 4) is 5.75 Å². The van der Waals surface area contributed by atoms with E-state index in [1.165, 1.54) is 0 Å². The average Bonchev–Trinajstić information content (AvgIpc) is 3.11. The number of hydrogen-bond acceptors (Lipinski definition) is 6. The van der Waals surface area contributed by atoms with Crippen molar-refractivity contribution in [2.24, 2.45) is 0 Å². The van der Waals surface area contributed by atoms with Gasteiger partial charge >= 0.3 is 0 Å². The van der Waals surface area contributed by atoms with Crippen molar-refractivity contribution >= 4 is 61.5 Å². The first-order valence-corrected chi connectivity index (χ1v) is 10.3. The van der Waals surface area contributed by atoms with Crippen molar-refractivity contribution in [2.75, 3.05) is 43.1 Å². The van der Waals surface area contributed by atoms with E-state index >= 15 is 0 Å². The summed E-state index contributed by atoms with van der Waals surface area (Å²) in [5.41, 5.74) is 1.61. The molecule has 146 valence electrons. The Morgan fingerprint density at radius 1 is 1.21 bits per heavy atom. The van der Waals surface area contributed by atoms with Gasteiger partial charge < -0.3 is 19.7 Å². The van der Waals surface area contributed by atoms with Crippen LogP contribution in [0.5, 0.6) is 5.75 Å². The standard InChI is InChI=1S/C19H17Cl2N3O3S/c20-12-1-4-16(14(21)9-12)27-11-18(25)22-13-2-3-15-17(10-13)28-19(23-15)24-5-7-26-8-6-24/h1-4,9-10H,5-8,11H2,(H,22,25). The Kier molecular flexibility index (Phi) is 5.87. The molecule has 2 heterocycles. The van der Waals surface area contributed by atoms with Crippen LogP contribution in [0.4, 0.5) is 10.8 Å². The molecule has 1 saturated heterocycles. The van der Waals surface area contributed by atoms with Crippen LogP contribution < -0.4 is 15.0 Å². The van der Waals surface area contributed by atoms with Crippen LogP contribution in [0.3, 0.4) is 0 Å². The van der Waals surface area contributed by atoms with Crippen LogP contribution in [0, 0.1) is 0 Å². The number of fused-ring (bicyclic) bond motifs is 1. The second-order valence-electron chi connectivity index (χ2n) is 6.19. The van der Waals surface area contributed by atoms with Crippen molar-refractivity contribution in [3.05, 3.63) is 46.4 Å². The van der Waals surface area contributed by atoms with Crippen LogP contribution in [0.2, 0.25) is 10.0 Å². The van der Waals surface area contributed by atoms with E-state index in [0.29, 0.717) is 21.5 Å². The van der Waals surface area contributed by atoms with Crippen molar-refractivity contribution < 1.29 is 14.3 Å². The molecule has 1 amide bonds. The fourth-order valence-electron chi connectivity index (χ4n) is 2.81. The molecular weight excluding hydrogens is 421 g/mol. The van der Waals surface area contributed by atoms with Gasteiger partial charge in [-0.25, -0.2) is 4.98 Å². The maximum atomic E-state index is 12.2. The number of morpholine rings is 1. The summed E-state index contributed by atoms with van der Waals surface area (Å²) in [7, 11) is 0. The van der Waals surface area contributed by atoms with Gasteiger partial charge in [0.2, 0.25) is 0 Å². The highest BCUT2D eigenvalue weighted by Gasteiger charge is 2.16. The first kappa shape index (κ1) is 19.3. The molecule has 1 fully saturated rings. The van der Waals surface area contributed by atoms with E-state index in [1.807, 2.05) is 18.2 Å². The number of benzene rings is 2. The number of nitrogens with one attached hydrogen (secondary N) is 1. The average molecular weight is 438 g/mol. The van der Waals surface area contributed by atoms with Crippen molar-refractivity contribution in [3.63, 3.8) is 0 Å². The maximum Gasteiger partial charge on any atom is 0.262 e. The van der Waals surface area contributed by atoms with Gasteiger partial charge in [-0.2, -0.15) is 0 Å². The van der Waals surface area contributed by atoms with E-state index in [1.54, 1.807) is 29.5 Å². The first-order valence-electron chi connectivity index (χ1n) is 8.69. The highest BCUT2D eigenvalue weighted by molar-refractivity contribution is 7.22. The number of halogens is 2. The second kappa shape index (κ2) is 8.53. The number of aromatic nitrogens is 1. The number of amides is 1. The van der Waals surface area contributed by atoms with Crippen molar-refractivity contribution in [1.29, 1.82) is 0 Å². The van der Waals surface area contributed by atoms with Gasteiger partial charge in [0.25, 0.3) is 5.91 Å². The Balaban J connectivity index is 1.40. The molecular formula is C19H17Cl2N3O3S. The zero-order valence-electron chi connectivity index (χ0n) is 14.8. The molecule has 0 unspecified atom stereocenters. The summed E-state index contributed by atoms with van der Waals surface area (Å²) in [6.07, 6.45) is 0. The molecule has 1 aliphatic heterocycles. The summed E-state index contributed by atoms with van der Waals surface area (Å²) in [4.78, 5) is 19.1. The van der Waals surface area contributed by atoms with Gasteiger partial charge in [0.05, 0.1) is 28.5 Å². The van der Waals surface area contributed by atoms with Gasteiger partial charge in [-0.15, -0.1) is 0 Å². The summed E-state index contributed by atoms with van der Waals surface area (Å²) in [5, 5.41) is 4.68. The van der Waals surface area contributed by atoms with E-state index < -0.39 is 0 Å². The molecule has 4 rings (SSSR count). The molecule has 0 bridgehead atoms. The van der Waals surface area contributed by atoms with Crippen LogP contribution in [-0.2, 0) is 9.53 Å². The molecule has 6 nitrogen and oxygen atoms in total. The quantitative estimate of drug-likeness (QED) is 0.638. The minimum atomic E-state index is -0.275. The van der Waals surface area contributed by atoms with Gasteiger partial charge in [-0.3, -0.25) is 4.79 Å². The molecule has 2 aromatic carbocycles. The predicted octanol–water partition coefficient (Wildman–Crippen LogP) is 4.46. The normalized spacial score (nSPS) is 14.3.